The van der Waals surface area contributed by atoms with Crippen molar-refractivity contribution in [1.29, 1.82) is 0 Å². The highest BCUT2D eigenvalue weighted by Gasteiger charge is 2.28. The lowest BCUT2D eigenvalue weighted by atomic mass is 10.0. The SMILES string of the molecule is CCCCCCCCCCCCCCCCCC(=O)OCCOCCOCCOCCOCCOCCOCCOCCOCCC(=O)Oc1c(F)c(F)c(F)c(F)c1F. The van der Waals surface area contributed by atoms with Gasteiger partial charge < -0.3 is 47.4 Å². The van der Waals surface area contributed by atoms with Crippen molar-refractivity contribution in [2.75, 3.05) is 112 Å². The molecule has 350 valence electrons. The molecule has 0 saturated carbocycles. The Bertz CT molecular complexity index is 1170. The number of halogens is 5. The number of hydrogen-bond donors (Lipinski definition) is 0. The molecule has 0 aromatic heterocycles. The van der Waals surface area contributed by atoms with Gasteiger partial charge in [-0.25, -0.2) is 13.2 Å². The van der Waals surface area contributed by atoms with E-state index in [4.69, 9.17) is 42.6 Å². The zero-order chi connectivity index (χ0) is 43.7. The number of carbonyl (C=O) groups excluding carboxylic acids is 2. The van der Waals surface area contributed by atoms with Gasteiger partial charge in [0.15, 0.2) is 0 Å². The summed E-state index contributed by atoms with van der Waals surface area (Å²) in [6, 6.07) is 0. The van der Waals surface area contributed by atoms with Crippen LogP contribution in [-0.4, -0.2) is 124 Å². The molecule has 0 bridgehead atoms. The number of ether oxygens (including phenoxy) is 10. The molecule has 0 heterocycles. The maximum Gasteiger partial charge on any atom is 0.313 e. The van der Waals surface area contributed by atoms with Crippen LogP contribution in [0.3, 0.4) is 0 Å². The van der Waals surface area contributed by atoms with Gasteiger partial charge in [-0.05, 0) is 6.42 Å². The monoisotopic (exact) mass is 874 g/mol. The fraction of sp³-hybridized carbons (Fsp3) is 0.814. The number of hydrogen-bond acceptors (Lipinski definition) is 12. The van der Waals surface area contributed by atoms with E-state index in [9.17, 15) is 31.5 Å². The molecule has 1 aromatic carbocycles. The van der Waals surface area contributed by atoms with Gasteiger partial charge >= 0.3 is 11.9 Å². The molecular weight excluding hydrogens is 803 g/mol. The summed E-state index contributed by atoms with van der Waals surface area (Å²) in [6.45, 7) is 7.53. The van der Waals surface area contributed by atoms with Gasteiger partial charge in [0.1, 0.15) is 6.61 Å². The van der Waals surface area contributed by atoms with Gasteiger partial charge in [0.25, 0.3) is 0 Å². The molecule has 0 atom stereocenters. The third kappa shape index (κ3) is 31.4. The van der Waals surface area contributed by atoms with Crippen molar-refractivity contribution < 1.29 is 78.9 Å². The Morgan fingerprint density at radius 1 is 0.333 bits per heavy atom. The highest BCUT2D eigenvalue weighted by Crippen LogP contribution is 2.29. The molecule has 0 aliphatic carbocycles. The second kappa shape index (κ2) is 40.6. The molecular formula is C43H71F5O12. The van der Waals surface area contributed by atoms with Gasteiger partial charge in [0.2, 0.25) is 34.8 Å². The van der Waals surface area contributed by atoms with Crippen LogP contribution in [0.5, 0.6) is 5.75 Å². The minimum Gasteiger partial charge on any atom is -0.463 e. The molecule has 0 spiro atoms. The van der Waals surface area contributed by atoms with Crippen molar-refractivity contribution in [3.63, 3.8) is 0 Å². The standard InChI is InChI=1S/C43H71F5O12/c1-2-3-4-5-6-7-8-9-10-11-12-13-14-15-16-17-36(49)59-35-34-58-33-32-57-31-30-56-29-28-55-27-26-54-25-24-53-23-22-52-21-20-51-19-18-37(50)60-43-41(47)39(45)38(44)40(46)42(43)48/h2-35H2,1H3. The summed E-state index contributed by atoms with van der Waals surface area (Å²) in [5, 5.41) is 0. The molecule has 0 amide bonds. The first kappa shape index (κ1) is 55.5. The first-order valence-corrected chi connectivity index (χ1v) is 21.8. The Hall–Kier alpha value is -2.51. The summed E-state index contributed by atoms with van der Waals surface area (Å²) in [5.41, 5.74) is 0. The minimum atomic E-state index is -2.35. The van der Waals surface area contributed by atoms with E-state index in [0.29, 0.717) is 85.7 Å². The van der Waals surface area contributed by atoms with E-state index < -0.39 is 47.2 Å². The number of esters is 2. The van der Waals surface area contributed by atoms with Crippen LogP contribution in [0.25, 0.3) is 0 Å². The zero-order valence-electron chi connectivity index (χ0n) is 35.8. The predicted octanol–water partition coefficient (Wildman–Crippen LogP) is 8.62. The minimum absolute atomic E-state index is 0.0783. The van der Waals surface area contributed by atoms with E-state index in [1.54, 1.807) is 0 Å². The Labute approximate surface area is 353 Å². The summed E-state index contributed by atoms with van der Waals surface area (Å²) in [6.07, 6.45) is 19.4. The molecule has 17 heteroatoms. The van der Waals surface area contributed by atoms with Crippen molar-refractivity contribution in [3.05, 3.63) is 29.1 Å². The van der Waals surface area contributed by atoms with E-state index in [1.807, 2.05) is 0 Å². The molecule has 0 radical (unpaired) electrons. The van der Waals surface area contributed by atoms with Crippen LogP contribution < -0.4 is 4.74 Å². The van der Waals surface area contributed by atoms with Gasteiger partial charge in [-0.2, -0.15) is 8.78 Å². The molecule has 0 fully saturated rings. The highest BCUT2D eigenvalue weighted by molar-refractivity contribution is 5.72. The average Bonchev–Trinajstić information content (AvgIpc) is 3.24. The van der Waals surface area contributed by atoms with Crippen molar-refractivity contribution in [2.24, 2.45) is 0 Å². The van der Waals surface area contributed by atoms with Gasteiger partial charge in [0.05, 0.1) is 112 Å². The molecule has 0 unspecified atom stereocenters. The van der Waals surface area contributed by atoms with E-state index in [0.717, 1.165) is 12.8 Å². The molecule has 60 heavy (non-hydrogen) atoms. The fourth-order valence-corrected chi connectivity index (χ4v) is 5.56. The third-order valence-corrected chi connectivity index (χ3v) is 8.92. The molecule has 1 rings (SSSR count). The Kier molecular flexibility index (Phi) is 37.5. The largest absolute Gasteiger partial charge is 0.463 e. The molecule has 0 aliphatic heterocycles. The van der Waals surface area contributed by atoms with Gasteiger partial charge in [-0.15, -0.1) is 0 Å². The van der Waals surface area contributed by atoms with Crippen molar-refractivity contribution >= 4 is 11.9 Å². The first-order valence-electron chi connectivity index (χ1n) is 21.8. The number of rotatable bonds is 44. The molecule has 1 aromatic rings. The van der Waals surface area contributed by atoms with E-state index in [1.165, 1.54) is 83.5 Å². The third-order valence-electron chi connectivity index (χ3n) is 8.92. The Morgan fingerprint density at radius 3 is 0.967 bits per heavy atom. The van der Waals surface area contributed by atoms with E-state index in [-0.39, 0.29) is 39.0 Å². The number of unbranched alkanes of at least 4 members (excludes halogenated alkanes) is 14. The Balaban J connectivity index is 1.72. The van der Waals surface area contributed by atoms with E-state index >= 15 is 0 Å². The second-order valence-electron chi connectivity index (χ2n) is 13.9. The van der Waals surface area contributed by atoms with Crippen LogP contribution in [0.2, 0.25) is 0 Å². The van der Waals surface area contributed by atoms with Gasteiger partial charge in [-0.1, -0.05) is 96.8 Å². The van der Waals surface area contributed by atoms with Gasteiger partial charge in [-0.3, -0.25) is 9.59 Å². The number of benzene rings is 1. The normalized spacial score (nSPS) is 11.4. The summed E-state index contributed by atoms with van der Waals surface area (Å²) < 4.78 is 119. The average molecular weight is 875 g/mol. The highest BCUT2D eigenvalue weighted by atomic mass is 19.2. The van der Waals surface area contributed by atoms with Crippen molar-refractivity contribution in [2.45, 2.75) is 116 Å². The fourth-order valence-electron chi connectivity index (χ4n) is 5.56. The molecule has 0 saturated heterocycles. The van der Waals surface area contributed by atoms with Crippen LogP contribution in [0.4, 0.5) is 22.0 Å². The molecule has 0 aliphatic rings. The van der Waals surface area contributed by atoms with Crippen LogP contribution in [-0.2, 0) is 52.2 Å². The zero-order valence-corrected chi connectivity index (χ0v) is 35.8. The summed E-state index contributed by atoms with van der Waals surface area (Å²) in [4.78, 5) is 23.6. The van der Waals surface area contributed by atoms with Crippen LogP contribution in [0.15, 0.2) is 0 Å². The Morgan fingerprint density at radius 2 is 0.617 bits per heavy atom. The predicted molar refractivity (Wildman–Crippen MR) is 214 cm³/mol. The van der Waals surface area contributed by atoms with Gasteiger partial charge in [0, 0.05) is 6.42 Å². The van der Waals surface area contributed by atoms with Crippen molar-refractivity contribution in [1.82, 2.24) is 0 Å². The summed E-state index contributed by atoms with van der Waals surface area (Å²) >= 11 is 0. The quantitative estimate of drug-likeness (QED) is 0.0156. The lowest BCUT2D eigenvalue weighted by molar-refractivity contribution is -0.145. The number of carbonyl (C=O) groups is 2. The molecule has 12 nitrogen and oxygen atoms in total. The summed E-state index contributed by atoms with van der Waals surface area (Å²) in [5.74, 6) is -14.3. The smallest absolute Gasteiger partial charge is 0.313 e. The maximum absolute atomic E-state index is 13.6. The van der Waals surface area contributed by atoms with Crippen LogP contribution >= 0.6 is 0 Å². The topological polar surface area (TPSA) is 126 Å². The van der Waals surface area contributed by atoms with Crippen molar-refractivity contribution in [3.8, 4) is 5.75 Å². The second-order valence-corrected chi connectivity index (χ2v) is 13.9. The van der Waals surface area contributed by atoms with Crippen LogP contribution in [0.1, 0.15) is 116 Å². The van der Waals surface area contributed by atoms with Crippen LogP contribution in [0, 0.1) is 29.1 Å². The lowest BCUT2D eigenvalue weighted by Gasteiger charge is -2.09. The van der Waals surface area contributed by atoms with E-state index in [2.05, 4.69) is 11.7 Å². The molecule has 0 N–H and O–H groups in total. The maximum atomic E-state index is 13.6. The lowest BCUT2D eigenvalue weighted by Crippen LogP contribution is -2.16. The first-order chi connectivity index (χ1) is 29.3. The summed E-state index contributed by atoms with van der Waals surface area (Å²) in [7, 11) is 0.